The summed E-state index contributed by atoms with van der Waals surface area (Å²) in [6, 6.07) is 0.829. The Morgan fingerprint density at radius 1 is 1.36 bits per heavy atom. The molecular weight excluding hydrogens is 286 g/mol. The van der Waals surface area contributed by atoms with Gasteiger partial charge in [-0.2, -0.15) is 8.78 Å². The highest BCUT2D eigenvalue weighted by atomic mass is 79.9. The third-order valence-corrected chi connectivity index (χ3v) is 3.31. The van der Waals surface area contributed by atoms with E-state index in [2.05, 4.69) is 15.9 Å². The Hall–Kier alpha value is -0.140. The number of rotatable bonds is 3. The lowest BCUT2D eigenvalue weighted by molar-refractivity contribution is -0.143. The predicted molar refractivity (Wildman–Crippen MR) is 49.9 cm³/mol. The van der Waals surface area contributed by atoms with Crippen LogP contribution in [-0.2, 0) is 0 Å². The van der Waals surface area contributed by atoms with E-state index in [1.165, 1.54) is 12.1 Å². The summed E-state index contributed by atoms with van der Waals surface area (Å²) >= 11 is 3.95. The van der Waals surface area contributed by atoms with E-state index in [1.54, 1.807) is 0 Å². The molecule has 0 radical (unpaired) electrons. The molecule has 1 heterocycles. The average molecular weight is 292 g/mol. The van der Waals surface area contributed by atoms with Crippen LogP contribution in [0.3, 0.4) is 0 Å². The Balaban J connectivity index is 2.89. The van der Waals surface area contributed by atoms with Crippen molar-refractivity contribution in [3.05, 3.63) is 20.8 Å². The van der Waals surface area contributed by atoms with Gasteiger partial charge in [-0.05, 0) is 28.1 Å². The SMILES string of the molecule is NC(c1ccc(Br)s1)C(F)(F)C(F)F. The molecule has 2 N–H and O–H groups in total. The van der Waals surface area contributed by atoms with Crippen molar-refractivity contribution in [2.75, 3.05) is 0 Å². The highest BCUT2D eigenvalue weighted by molar-refractivity contribution is 9.11. The van der Waals surface area contributed by atoms with Gasteiger partial charge in [-0.1, -0.05) is 0 Å². The molecule has 0 saturated carbocycles. The molecule has 1 unspecified atom stereocenters. The third kappa shape index (κ3) is 2.26. The van der Waals surface area contributed by atoms with Gasteiger partial charge in [0.25, 0.3) is 0 Å². The first kappa shape index (κ1) is 11.9. The monoisotopic (exact) mass is 291 g/mol. The van der Waals surface area contributed by atoms with E-state index in [9.17, 15) is 17.6 Å². The van der Waals surface area contributed by atoms with E-state index in [0.717, 1.165) is 11.3 Å². The summed E-state index contributed by atoms with van der Waals surface area (Å²) in [5, 5.41) is 0. The van der Waals surface area contributed by atoms with Gasteiger partial charge >= 0.3 is 12.3 Å². The highest BCUT2D eigenvalue weighted by Crippen LogP contribution is 2.38. The van der Waals surface area contributed by atoms with Crippen LogP contribution < -0.4 is 5.73 Å². The number of halogens is 5. The molecule has 1 atom stereocenters. The van der Waals surface area contributed by atoms with Gasteiger partial charge in [0.1, 0.15) is 6.04 Å². The molecule has 1 aromatic rings. The average Bonchev–Trinajstić information content (AvgIpc) is 2.50. The maximum absolute atomic E-state index is 12.8. The van der Waals surface area contributed by atoms with Crippen molar-refractivity contribution in [1.29, 1.82) is 0 Å². The summed E-state index contributed by atoms with van der Waals surface area (Å²) in [5.74, 6) is -4.19. The van der Waals surface area contributed by atoms with E-state index < -0.39 is 18.4 Å². The highest BCUT2D eigenvalue weighted by Gasteiger charge is 2.48. The molecule has 14 heavy (non-hydrogen) atoms. The maximum atomic E-state index is 12.8. The Labute approximate surface area is 90.0 Å². The summed E-state index contributed by atoms with van der Waals surface area (Å²) in [6.07, 6.45) is -3.75. The Morgan fingerprint density at radius 3 is 2.29 bits per heavy atom. The molecule has 0 aliphatic rings. The molecule has 7 heteroatoms. The first-order valence-corrected chi connectivity index (χ1v) is 5.13. The lowest BCUT2D eigenvalue weighted by atomic mass is 10.1. The van der Waals surface area contributed by atoms with Crippen LogP contribution in [0.25, 0.3) is 0 Å². The molecule has 1 rings (SSSR count). The Morgan fingerprint density at radius 2 is 1.93 bits per heavy atom. The Kier molecular flexibility index (Phi) is 3.54. The van der Waals surface area contributed by atoms with Gasteiger partial charge < -0.3 is 5.73 Å². The predicted octanol–water partition coefficient (Wildman–Crippen LogP) is 3.41. The van der Waals surface area contributed by atoms with E-state index in [0.29, 0.717) is 3.79 Å². The van der Waals surface area contributed by atoms with Crippen LogP contribution in [0.2, 0.25) is 0 Å². The van der Waals surface area contributed by atoms with Crippen molar-refractivity contribution in [2.24, 2.45) is 5.73 Å². The van der Waals surface area contributed by atoms with Gasteiger partial charge in [-0.3, -0.25) is 0 Å². The molecule has 80 valence electrons. The molecule has 0 amide bonds. The molecule has 0 bridgehead atoms. The zero-order chi connectivity index (χ0) is 10.9. The van der Waals surface area contributed by atoms with Crippen LogP contribution in [-0.4, -0.2) is 12.3 Å². The minimum Gasteiger partial charge on any atom is -0.318 e. The lowest BCUT2D eigenvalue weighted by Gasteiger charge is -2.21. The standard InChI is InChI=1S/C7H6BrF4NS/c8-4-2-1-3(14-4)5(13)7(11,12)6(9)10/h1-2,5-6H,13H2. The van der Waals surface area contributed by atoms with Crippen LogP contribution in [0.1, 0.15) is 10.9 Å². The molecule has 0 aromatic carbocycles. The zero-order valence-corrected chi connectivity index (χ0v) is 9.09. The number of hydrogen-bond donors (Lipinski definition) is 1. The topological polar surface area (TPSA) is 26.0 Å². The quantitative estimate of drug-likeness (QED) is 0.849. The molecule has 0 spiro atoms. The fraction of sp³-hybridized carbons (Fsp3) is 0.429. The van der Waals surface area contributed by atoms with E-state index in [-0.39, 0.29) is 4.88 Å². The van der Waals surface area contributed by atoms with Crippen LogP contribution in [0.5, 0.6) is 0 Å². The maximum Gasteiger partial charge on any atom is 0.327 e. The van der Waals surface area contributed by atoms with Gasteiger partial charge in [-0.25, -0.2) is 8.78 Å². The Bertz CT molecular complexity index is 314. The van der Waals surface area contributed by atoms with Crippen LogP contribution in [0.4, 0.5) is 17.6 Å². The smallest absolute Gasteiger partial charge is 0.318 e. The van der Waals surface area contributed by atoms with Gasteiger partial charge in [-0.15, -0.1) is 11.3 Å². The van der Waals surface area contributed by atoms with Gasteiger partial charge in [0.15, 0.2) is 0 Å². The zero-order valence-electron chi connectivity index (χ0n) is 6.68. The van der Waals surface area contributed by atoms with Crippen molar-refractivity contribution in [1.82, 2.24) is 0 Å². The van der Waals surface area contributed by atoms with E-state index in [4.69, 9.17) is 5.73 Å². The summed E-state index contributed by atoms with van der Waals surface area (Å²) < 4.78 is 49.9. The summed E-state index contributed by atoms with van der Waals surface area (Å²) in [4.78, 5) is 0.0298. The molecular formula is C7H6BrF4NS. The number of hydrogen-bond acceptors (Lipinski definition) is 2. The summed E-state index contributed by atoms with van der Waals surface area (Å²) in [7, 11) is 0. The number of nitrogens with two attached hydrogens (primary N) is 1. The van der Waals surface area contributed by atoms with Crippen molar-refractivity contribution in [3.8, 4) is 0 Å². The third-order valence-electron chi connectivity index (χ3n) is 1.61. The van der Waals surface area contributed by atoms with E-state index in [1.807, 2.05) is 0 Å². The molecule has 0 saturated heterocycles. The van der Waals surface area contributed by atoms with Gasteiger partial charge in [0.05, 0.1) is 3.79 Å². The summed E-state index contributed by atoms with van der Waals surface area (Å²) in [5.41, 5.74) is 5.05. The van der Waals surface area contributed by atoms with Gasteiger partial charge in [0, 0.05) is 4.88 Å². The van der Waals surface area contributed by atoms with Crippen molar-refractivity contribution in [2.45, 2.75) is 18.4 Å². The fourth-order valence-electron chi connectivity index (χ4n) is 0.821. The van der Waals surface area contributed by atoms with Crippen molar-refractivity contribution < 1.29 is 17.6 Å². The summed E-state index contributed by atoms with van der Waals surface area (Å²) in [6.45, 7) is 0. The fourth-order valence-corrected chi connectivity index (χ4v) is 2.30. The van der Waals surface area contributed by atoms with Crippen LogP contribution >= 0.6 is 27.3 Å². The normalized spacial score (nSPS) is 14.8. The van der Waals surface area contributed by atoms with Crippen molar-refractivity contribution >= 4 is 27.3 Å². The second-order valence-corrected chi connectivity index (χ2v) is 5.09. The lowest BCUT2D eigenvalue weighted by Crippen LogP contribution is -2.38. The van der Waals surface area contributed by atoms with E-state index >= 15 is 0 Å². The van der Waals surface area contributed by atoms with Crippen LogP contribution in [0.15, 0.2) is 15.9 Å². The van der Waals surface area contributed by atoms with Gasteiger partial charge in [0.2, 0.25) is 0 Å². The van der Waals surface area contributed by atoms with Crippen LogP contribution in [0, 0.1) is 0 Å². The minimum atomic E-state index is -4.19. The first-order valence-electron chi connectivity index (χ1n) is 3.52. The number of alkyl halides is 4. The molecule has 0 fully saturated rings. The second kappa shape index (κ2) is 4.16. The molecule has 0 aliphatic carbocycles. The van der Waals surface area contributed by atoms with Crippen molar-refractivity contribution in [3.63, 3.8) is 0 Å². The molecule has 1 nitrogen and oxygen atoms in total. The minimum absolute atomic E-state index is 0.0298. The second-order valence-electron chi connectivity index (χ2n) is 2.59. The molecule has 1 aromatic heterocycles. The molecule has 0 aliphatic heterocycles. The first-order chi connectivity index (χ1) is 6.35. The largest absolute Gasteiger partial charge is 0.327 e. The number of thiophene rings is 1.